The maximum Gasteiger partial charge on any atom is 0.257 e. The number of carbonyl (C=O) groups excluding carboxylic acids is 1. The number of halogens is 1. The predicted molar refractivity (Wildman–Crippen MR) is 147 cm³/mol. The smallest absolute Gasteiger partial charge is 0.257 e. The van der Waals surface area contributed by atoms with E-state index in [2.05, 4.69) is 32.4 Å². The number of pyridine rings is 1. The molecule has 36 heavy (non-hydrogen) atoms. The van der Waals surface area contributed by atoms with Gasteiger partial charge in [-0.2, -0.15) is 0 Å². The molecule has 8 nitrogen and oxygen atoms in total. The van der Waals surface area contributed by atoms with Crippen LogP contribution in [0.1, 0.15) is 64.0 Å². The second kappa shape index (κ2) is 9.54. The van der Waals surface area contributed by atoms with E-state index in [1.54, 1.807) is 36.0 Å². The summed E-state index contributed by atoms with van der Waals surface area (Å²) in [6.45, 7) is 8.48. The van der Waals surface area contributed by atoms with Crippen molar-refractivity contribution in [3.63, 3.8) is 0 Å². The molecule has 2 fully saturated rings. The number of hydrogen-bond donors (Lipinski definition) is 3. The third-order valence-corrected chi connectivity index (χ3v) is 7.13. The molecule has 3 aromatic rings. The summed E-state index contributed by atoms with van der Waals surface area (Å²) in [5.41, 5.74) is 10.4. The lowest BCUT2D eigenvalue weighted by atomic mass is 9.88. The highest BCUT2D eigenvalue weighted by Gasteiger charge is 2.35. The molecular formula is C27H38FN7O. The first-order chi connectivity index (χ1) is 17.3. The van der Waals surface area contributed by atoms with Crippen molar-refractivity contribution in [1.82, 2.24) is 14.7 Å². The molecule has 1 aliphatic carbocycles. The minimum Gasteiger partial charge on any atom is -0.397 e. The molecule has 1 aliphatic heterocycles. The molecule has 1 amide bonds. The fourth-order valence-electron chi connectivity index (χ4n) is 4.97. The Morgan fingerprint density at radius 2 is 2.08 bits per heavy atom. The van der Waals surface area contributed by atoms with Crippen LogP contribution in [0.2, 0.25) is 0 Å². The summed E-state index contributed by atoms with van der Waals surface area (Å²) in [6.07, 6.45) is 9.74. The largest absolute Gasteiger partial charge is 0.397 e. The Balaban J connectivity index is 0.00000200. The Hall–Kier alpha value is -3.46. The van der Waals surface area contributed by atoms with Crippen LogP contribution in [0.15, 0.2) is 35.6 Å². The maximum absolute atomic E-state index is 14.5. The molecular weight excluding hydrogens is 457 g/mol. The summed E-state index contributed by atoms with van der Waals surface area (Å²) >= 11 is 0. The lowest BCUT2D eigenvalue weighted by Crippen LogP contribution is -2.52. The Labute approximate surface area is 213 Å². The number of nitrogens with two attached hydrogens (primary N) is 1. The number of aryl methyl sites for hydroxylation is 1. The summed E-state index contributed by atoms with van der Waals surface area (Å²) in [5, 5.41) is 6.59. The zero-order valence-electron chi connectivity index (χ0n) is 21.1. The summed E-state index contributed by atoms with van der Waals surface area (Å²) in [5.74, 6) is -0.908. The number of hydrogen-bond acceptors (Lipinski definition) is 6. The number of aliphatic imine (C=N–C) groups is 1. The number of imidazole rings is 1. The minimum atomic E-state index is -0.506. The Morgan fingerprint density at radius 1 is 1.33 bits per heavy atom. The minimum absolute atomic E-state index is 0. The highest BCUT2D eigenvalue weighted by atomic mass is 19.1. The molecule has 1 saturated carbocycles. The van der Waals surface area contributed by atoms with E-state index in [-0.39, 0.29) is 14.0 Å². The monoisotopic (exact) mass is 495 g/mol. The molecule has 0 radical (unpaired) electrons. The molecule has 5 rings (SSSR count). The molecule has 1 aromatic carbocycles. The van der Waals surface area contributed by atoms with Crippen LogP contribution in [-0.2, 0) is 0 Å². The molecule has 0 atom stereocenters. The highest BCUT2D eigenvalue weighted by Crippen LogP contribution is 2.34. The number of nitrogen functional groups attached to an aromatic ring is 1. The van der Waals surface area contributed by atoms with Crippen LogP contribution in [0, 0.1) is 12.7 Å². The number of benzene rings is 1. The van der Waals surface area contributed by atoms with Crippen molar-refractivity contribution in [2.75, 3.05) is 35.6 Å². The van der Waals surface area contributed by atoms with E-state index in [0.717, 1.165) is 37.2 Å². The second-order valence-electron chi connectivity index (χ2n) is 10.2. The molecule has 3 heterocycles. The van der Waals surface area contributed by atoms with Crippen molar-refractivity contribution in [2.45, 2.75) is 58.0 Å². The number of anilines is 3. The number of carbonyl (C=O) groups is 1. The molecule has 4 N–H and O–H groups in total. The van der Waals surface area contributed by atoms with Crippen molar-refractivity contribution in [3.8, 4) is 0 Å². The zero-order valence-corrected chi connectivity index (χ0v) is 21.1. The van der Waals surface area contributed by atoms with Gasteiger partial charge in [0.1, 0.15) is 0 Å². The average Bonchev–Trinajstić information content (AvgIpc) is 3.55. The SMILES string of the molecule is CCN=Cc1c(N2CCC(C)(NC3CC3)CC2)ccc(C(=O)Nc2cc(F)c3nc(C)cn3c2)c1N.[HH].[HH]. The number of nitrogens with one attached hydrogen (secondary N) is 2. The number of piperidine rings is 1. The summed E-state index contributed by atoms with van der Waals surface area (Å²) in [6, 6.07) is 5.64. The van der Waals surface area contributed by atoms with E-state index in [0.29, 0.717) is 35.2 Å². The fraction of sp³-hybridized carbons (Fsp3) is 0.444. The van der Waals surface area contributed by atoms with Crippen LogP contribution in [0.25, 0.3) is 5.65 Å². The molecule has 1 saturated heterocycles. The highest BCUT2D eigenvalue weighted by molar-refractivity contribution is 6.11. The molecule has 0 unspecified atom stereocenters. The zero-order chi connectivity index (χ0) is 25.4. The first-order valence-electron chi connectivity index (χ1n) is 12.7. The Morgan fingerprint density at radius 3 is 2.78 bits per heavy atom. The van der Waals surface area contributed by atoms with E-state index >= 15 is 0 Å². The Bertz CT molecular complexity index is 1330. The van der Waals surface area contributed by atoms with Gasteiger partial charge in [0.2, 0.25) is 0 Å². The molecule has 9 heteroatoms. The van der Waals surface area contributed by atoms with Crippen LogP contribution < -0.4 is 21.3 Å². The van der Waals surface area contributed by atoms with Crippen molar-refractivity contribution < 1.29 is 12.0 Å². The number of nitrogens with zero attached hydrogens (tertiary/aromatic N) is 4. The van der Waals surface area contributed by atoms with Gasteiger partial charge in [-0.05, 0) is 58.6 Å². The molecule has 2 aromatic heterocycles. The normalized spacial score (nSPS) is 17.7. The third-order valence-electron chi connectivity index (χ3n) is 7.13. The maximum atomic E-state index is 14.5. The van der Waals surface area contributed by atoms with Crippen LogP contribution in [0.3, 0.4) is 0 Å². The first kappa shape index (κ1) is 24.2. The topological polar surface area (TPSA) is 100 Å². The van der Waals surface area contributed by atoms with Crippen LogP contribution in [0.5, 0.6) is 0 Å². The van der Waals surface area contributed by atoms with Crippen molar-refractivity contribution in [3.05, 3.63) is 53.2 Å². The standard InChI is InChI=1S/C27H34FN7O.2H2/c1-4-30-14-21-23(34-11-9-27(3,10-12-34)33-18-5-6-18)8-7-20(24(21)29)26(36)32-19-13-22(28)25-31-17(2)15-35(25)16-19;;/h7-8,13-16,18,33H,4-6,9-12,29H2,1-3H3,(H,32,36);2*1H. The molecule has 0 spiro atoms. The summed E-state index contributed by atoms with van der Waals surface area (Å²) < 4.78 is 16.1. The van der Waals surface area contributed by atoms with Crippen LogP contribution >= 0.6 is 0 Å². The van der Waals surface area contributed by atoms with Gasteiger partial charge in [-0.3, -0.25) is 9.79 Å². The van der Waals surface area contributed by atoms with Crippen molar-refractivity contribution in [1.29, 1.82) is 0 Å². The van der Waals surface area contributed by atoms with Gasteiger partial charge in [0, 0.05) is 70.0 Å². The number of fused-ring (bicyclic) bond motifs is 1. The Kier molecular flexibility index (Phi) is 6.42. The predicted octanol–water partition coefficient (Wildman–Crippen LogP) is 4.66. The average molecular weight is 496 g/mol. The van der Waals surface area contributed by atoms with Gasteiger partial charge in [-0.15, -0.1) is 0 Å². The number of rotatable bonds is 7. The second-order valence-corrected chi connectivity index (χ2v) is 10.2. The fourth-order valence-corrected chi connectivity index (χ4v) is 4.97. The summed E-state index contributed by atoms with van der Waals surface area (Å²) in [7, 11) is 0. The van der Waals surface area contributed by atoms with Crippen LogP contribution in [0.4, 0.5) is 21.5 Å². The van der Waals surface area contributed by atoms with E-state index < -0.39 is 11.7 Å². The van der Waals surface area contributed by atoms with Crippen molar-refractivity contribution >= 4 is 34.8 Å². The van der Waals surface area contributed by atoms with Gasteiger partial charge >= 0.3 is 0 Å². The lowest BCUT2D eigenvalue weighted by Gasteiger charge is -2.42. The molecule has 0 bridgehead atoms. The van der Waals surface area contributed by atoms with Gasteiger partial charge in [0.15, 0.2) is 11.5 Å². The first-order valence-corrected chi connectivity index (χ1v) is 12.7. The van der Waals surface area contributed by atoms with E-state index in [4.69, 9.17) is 5.73 Å². The van der Waals surface area contributed by atoms with E-state index in [1.807, 2.05) is 13.0 Å². The van der Waals surface area contributed by atoms with Crippen LogP contribution in [-0.4, -0.2) is 52.7 Å². The quantitative estimate of drug-likeness (QED) is 0.327. The number of amides is 1. The van der Waals surface area contributed by atoms with Gasteiger partial charge in [-0.1, -0.05) is 0 Å². The molecule has 194 valence electrons. The van der Waals surface area contributed by atoms with Gasteiger partial charge < -0.3 is 25.7 Å². The van der Waals surface area contributed by atoms with Gasteiger partial charge in [-0.25, -0.2) is 9.37 Å². The lowest BCUT2D eigenvalue weighted by molar-refractivity contribution is 0.102. The van der Waals surface area contributed by atoms with E-state index in [1.165, 1.54) is 18.9 Å². The van der Waals surface area contributed by atoms with Crippen molar-refractivity contribution in [2.24, 2.45) is 4.99 Å². The summed E-state index contributed by atoms with van der Waals surface area (Å²) in [4.78, 5) is 24.1. The molecule has 2 aliphatic rings. The van der Waals surface area contributed by atoms with Gasteiger partial charge in [0.25, 0.3) is 5.91 Å². The third kappa shape index (κ3) is 4.93. The van der Waals surface area contributed by atoms with E-state index in [9.17, 15) is 9.18 Å². The van der Waals surface area contributed by atoms with Gasteiger partial charge in [0.05, 0.1) is 22.6 Å². The number of aromatic nitrogens is 2.